The average Bonchev–Trinajstić information content (AvgIpc) is 2.77. The topological polar surface area (TPSA) is 15.6 Å². The summed E-state index contributed by atoms with van der Waals surface area (Å²) >= 11 is 0. The van der Waals surface area contributed by atoms with Gasteiger partial charge in [-0.05, 0) is 41.6 Å². The van der Waals surface area contributed by atoms with Crippen LogP contribution in [0.15, 0.2) is 102 Å². The lowest BCUT2D eigenvalue weighted by atomic mass is 10.1. The van der Waals surface area contributed by atoms with Crippen LogP contribution in [0.3, 0.4) is 0 Å². The Labute approximate surface area is 166 Å². The van der Waals surface area contributed by atoms with Crippen LogP contribution in [0.1, 0.15) is 18.1 Å². The van der Waals surface area contributed by atoms with Crippen molar-refractivity contribution in [1.82, 2.24) is 0 Å². The molecule has 0 radical (unpaired) electrons. The first kappa shape index (κ1) is 18.0. The predicted molar refractivity (Wildman–Crippen MR) is 121 cm³/mol. The zero-order valence-electron chi connectivity index (χ0n) is 16.1. The minimum Gasteiger partial charge on any atom is -0.367 e. The van der Waals surface area contributed by atoms with Gasteiger partial charge in [0.15, 0.2) is 0 Å². The number of hydrogen-bond acceptors (Lipinski definition) is 2. The highest BCUT2D eigenvalue weighted by Crippen LogP contribution is 2.25. The van der Waals surface area contributed by atoms with Crippen molar-refractivity contribution in [2.24, 2.45) is 4.99 Å². The molecule has 138 valence electrons. The molecule has 0 aliphatic rings. The maximum absolute atomic E-state index is 4.73. The smallest absolute Gasteiger partial charge is 0.0708 e. The number of anilines is 1. The van der Waals surface area contributed by atoms with E-state index in [1.54, 1.807) is 0 Å². The SMILES string of the molecule is CCN(Cc1ccccc1)c1ccc(C=Nc2cccc3ccccc23)cc1. The number of nitrogens with zero attached hydrogens (tertiary/aromatic N) is 2. The highest BCUT2D eigenvalue weighted by molar-refractivity contribution is 5.95. The van der Waals surface area contributed by atoms with Crippen molar-refractivity contribution in [3.8, 4) is 0 Å². The minimum atomic E-state index is 0.917. The van der Waals surface area contributed by atoms with Gasteiger partial charge in [-0.1, -0.05) is 78.9 Å². The summed E-state index contributed by atoms with van der Waals surface area (Å²) in [5.74, 6) is 0. The number of benzene rings is 4. The zero-order chi connectivity index (χ0) is 19.2. The van der Waals surface area contributed by atoms with Crippen molar-refractivity contribution in [2.45, 2.75) is 13.5 Å². The second-order valence-corrected chi connectivity index (χ2v) is 6.85. The first-order valence-corrected chi connectivity index (χ1v) is 9.74. The molecule has 0 aliphatic heterocycles. The maximum atomic E-state index is 4.73. The molecule has 0 atom stereocenters. The molecule has 0 N–H and O–H groups in total. The summed E-state index contributed by atoms with van der Waals surface area (Å²) in [4.78, 5) is 7.10. The van der Waals surface area contributed by atoms with E-state index in [0.29, 0.717) is 0 Å². The molecular formula is C26H24N2. The molecule has 0 bridgehead atoms. The Bertz CT molecular complexity index is 1060. The molecule has 4 aromatic rings. The van der Waals surface area contributed by atoms with E-state index in [-0.39, 0.29) is 0 Å². The van der Waals surface area contributed by atoms with Crippen LogP contribution in [0.25, 0.3) is 10.8 Å². The van der Waals surface area contributed by atoms with Crippen molar-refractivity contribution in [2.75, 3.05) is 11.4 Å². The summed E-state index contributed by atoms with van der Waals surface area (Å²) in [6, 6.07) is 33.8. The van der Waals surface area contributed by atoms with E-state index in [0.717, 1.165) is 24.3 Å². The molecule has 28 heavy (non-hydrogen) atoms. The molecule has 0 unspecified atom stereocenters. The summed E-state index contributed by atoms with van der Waals surface area (Å²) in [7, 11) is 0. The second kappa shape index (κ2) is 8.53. The van der Waals surface area contributed by atoms with E-state index in [4.69, 9.17) is 4.99 Å². The largest absolute Gasteiger partial charge is 0.367 e. The van der Waals surface area contributed by atoms with Crippen LogP contribution < -0.4 is 4.90 Å². The van der Waals surface area contributed by atoms with Gasteiger partial charge >= 0.3 is 0 Å². The highest BCUT2D eigenvalue weighted by atomic mass is 15.1. The van der Waals surface area contributed by atoms with Gasteiger partial charge < -0.3 is 4.90 Å². The highest BCUT2D eigenvalue weighted by Gasteiger charge is 2.05. The fourth-order valence-corrected chi connectivity index (χ4v) is 3.43. The van der Waals surface area contributed by atoms with Gasteiger partial charge in [0.1, 0.15) is 0 Å². The third-order valence-electron chi connectivity index (χ3n) is 4.98. The molecule has 0 fully saturated rings. The Morgan fingerprint density at radius 2 is 1.46 bits per heavy atom. The van der Waals surface area contributed by atoms with Crippen LogP contribution in [0.4, 0.5) is 11.4 Å². The summed E-state index contributed by atoms with van der Waals surface area (Å²) in [6.45, 7) is 4.08. The zero-order valence-corrected chi connectivity index (χ0v) is 16.1. The van der Waals surface area contributed by atoms with Crippen LogP contribution >= 0.6 is 0 Å². The molecule has 4 aromatic carbocycles. The third-order valence-corrected chi connectivity index (χ3v) is 4.98. The van der Waals surface area contributed by atoms with Gasteiger partial charge in [-0.25, -0.2) is 0 Å². The quantitative estimate of drug-likeness (QED) is 0.351. The average molecular weight is 364 g/mol. The molecule has 2 nitrogen and oxygen atoms in total. The third kappa shape index (κ3) is 4.12. The summed E-state index contributed by atoms with van der Waals surface area (Å²) in [6.07, 6.45) is 1.94. The van der Waals surface area contributed by atoms with E-state index in [1.165, 1.54) is 22.0 Å². The van der Waals surface area contributed by atoms with Crippen molar-refractivity contribution < 1.29 is 0 Å². The van der Waals surface area contributed by atoms with Gasteiger partial charge in [0.25, 0.3) is 0 Å². The molecular weight excluding hydrogens is 340 g/mol. The molecule has 4 rings (SSSR count). The number of aliphatic imine (C=N–C) groups is 1. The number of fused-ring (bicyclic) bond motifs is 1. The lowest BCUT2D eigenvalue weighted by Gasteiger charge is -2.23. The summed E-state index contributed by atoms with van der Waals surface area (Å²) in [5.41, 5.74) is 4.66. The normalized spacial score (nSPS) is 11.2. The monoisotopic (exact) mass is 364 g/mol. The molecule has 0 aliphatic carbocycles. The minimum absolute atomic E-state index is 0.917. The maximum Gasteiger partial charge on any atom is 0.0708 e. The van der Waals surface area contributed by atoms with Gasteiger partial charge in [0, 0.05) is 30.4 Å². The van der Waals surface area contributed by atoms with Crippen molar-refractivity contribution in [1.29, 1.82) is 0 Å². The lowest BCUT2D eigenvalue weighted by molar-refractivity contribution is 0.832. The van der Waals surface area contributed by atoms with Crippen LogP contribution in [0.2, 0.25) is 0 Å². The molecule has 0 saturated heterocycles. The standard InChI is InChI=1S/C26H24N2/c1-2-28(20-22-9-4-3-5-10-22)24-17-15-21(16-18-24)19-27-26-14-8-12-23-11-6-7-13-25(23)26/h3-19H,2,20H2,1H3. The van der Waals surface area contributed by atoms with Gasteiger partial charge in [-0.15, -0.1) is 0 Å². The predicted octanol–water partition coefficient (Wildman–Crippen LogP) is 6.62. The molecule has 0 amide bonds. The molecule has 0 heterocycles. The molecule has 0 saturated carbocycles. The Morgan fingerprint density at radius 1 is 0.750 bits per heavy atom. The van der Waals surface area contributed by atoms with Crippen molar-refractivity contribution in [3.05, 3.63) is 108 Å². The summed E-state index contributed by atoms with van der Waals surface area (Å²) < 4.78 is 0. The molecule has 0 spiro atoms. The van der Waals surface area contributed by atoms with Crippen LogP contribution in [0, 0.1) is 0 Å². The van der Waals surface area contributed by atoms with E-state index in [2.05, 4.69) is 109 Å². The van der Waals surface area contributed by atoms with Gasteiger partial charge in [0.2, 0.25) is 0 Å². The van der Waals surface area contributed by atoms with Crippen molar-refractivity contribution in [3.63, 3.8) is 0 Å². The Kier molecular flexibility index (Phi) is 5.48. The number of hydrogen-bond donors (Lipinski definition) is 0. The molecule has 2 heteroatoms. The van der Waals surface area contributed by atoms with Crippen molar-refractivity contribution >= 4 is 28.4 Å². The second-order valence-electron chi connectivity index (χ2n) is 6.85. The Balaban J connectivity index is 1.52. The first-order valence-electron chi connectivity index (χ1n) is 9.74. The van der Waals surface area contributed by atoms with E-state index >= 15 is 0 Å². The lowest BCUT2D eigenvalue weighted by Crippen LogP contribution is -2.21. The van der Waals surface area contributed by atoms with E-state index in [1.807, 2.05) is 6.21 Å². The fraction of sp³-hybridized carbons (Fsp3) is 0.115. The fourth-order valence-electron chi connectivity index (χ4n) is 3.43. The van der Waals surface area contributed by atoms with Crippen LogP contribution in [-0.4, -0.2) is 12.8 Å². The van der Waals surface area contributed by atoms with Crippen LogP contribution in [0.5, 0.6) is 0 Å². The van der Waals surface area contributed by atoms with E-state index < -0.39 is 0 Å². The van der Waals surface area contributed by atoms with E-state index in [9.17, 15) is 0 Å². The van der Waals surface area contributed by atoms with Gasteiger partial charge in [-0.2, -0.15) is 0 Å². The van der Waals surface area contributed by atoms with Gasteiger partial charge in [-0.3, -0.25) is 4.99 Å². The number of rotatable bonds is 6. The Hall–Kier alpha value is -3.39. The first-order chi connectivity index (χ1) is 13.8. The van der Waals surface area contributed by atoms with Crippen LogP contribution in [-0.2, 0) is 6.54 Å². The summed E-state index contributed by atoms with van der Waals surface area (Å²) in [5, 5.41) is 2.39. The Morgan fingerprint density at radius 3 is 2.25 bits per heavy atom. The van der Waals surface area contributed by atoms with Gasteiger partial charge in [0.05, 0.1) is 5.69 Å². The molecule has 0 aromatic heterocycles.